The second kappa shape index (κ2) is 12.1. The van der Waals surface area contributed by atoms with E-state index in [1.165, 1.54) is 46.8 Å². The number of carbonyl (C=O) groups excluding carboxylic acids is 1. The highest BCUT2D eigenvalue weighted by atomic mass is 16.2. The molecule has 4 aliphatic rings. The number of carbonyl (C=O) groups is 1. The average molecular weight is 531 g/mol. The Hall–Kier alpha value is -3.55. The normalized spacial score (nSPS) is 25.9. The number of rotatable bonds is 0. The number of aryl methyl sites for hydroxylation is 2. The van der Waals surface area contributed by atoms with E-state index < -0.39 is 0 Å². The first-order chi connectivity index (χ1) is 18.6. The maximum atomic E-state index is 11.7. The van der Waals surface area contributed by atoms with E-state index in [4.69, 9.17) is 0 Å². The average Bonchev–Trinajstić information content (AvgIpc) is 2.94. The van der Waals surface area contributed by atoms with Gasteiger partial charge in [0.2, 0.25) is 5.91 Å². The molecule has 8 heteroatoms. The topological polar surface area (TPSA) is 83.2 Å². The maximum Gasteiger partial charge on any atom is 0.274 e. The number of amides is 1. The zero-order valence-electron chi connectivity index (χ0n) is 24.2. The van der Waals surface area contributed by atoms with Crippen molar-refractivity contribution in [1.82, 2.24) is 19.8 Å². The molecule has 0 saturated heterocycles. The van der Waals surface area contributed by atoms with E-state index in [1.807, 2.05) is 50.2 Å². The van der Waals surface area contributed by atoms with Crippen LogP contribution in [-0.2, 0) is 11.8 Å². The molecule has 8 nitrogen and oxygen atoms in total. The molecule has 0 spiro atoms. The van der Waals surface area contributed by atoms with Crippen LogP contribution in [0, 0.1) is 30.6 Å². The summed E-state index contributed by atoms with van der Waals surface area (Å²) in [6, 6.07) is 7.52. The van der Waals surface area contributed by atoms with Gasteiger partial charge in [-0.3, -0.25) is 14.6 Å². The van der Waals surface area contributed by atoms with Crippen molar-refractivity contribution < 1.29 is 4.79 Å². The van der Waals surface area contributed by atoms with Gasteiger partial charge in [0.1, 0.15) is 0 Å². The molecule has 3 heterocycles. The van der Waals surface area contributed by atoms with Gasteiger partial charge in [0.25, 0.3) is 5.56 Å². The molecule has 0 radical (unpaired) electrons. The van der Waals surface area contributed by atoms with Crippen LogP contribution in [0.15, 0.2) is 63.7 Å². The van der Waals surface area contributed by atoms with Crippen LogP contribution in [0.3, 0.4) is 0 Å². The summed E-state index contributed by atoms with van der Waals surface area (Å²) in [6.45, 7) is 10.2. The summed E-state index contributed by atoms with van der Waals surface area (Å²) in [7, 11) is 5.42. The number of allylic oxidation sites excluding steroid dienone is 3. The highest BCUT2D eigenvalue weighted by molar-refractivity contribution is 5.95. The molecule has 4 atom stereocenters. The molecular weight excluding hydrogens is 488 g/mol. The first-order valence-electron chi connectivity index (χ1n) is 14.0. The van der Waals surface area contributed by atoms with Crippen LogP contribution in [-0.4, -0.2) is 51.2 Å². The quantitative estimate of drug-likeness (QED) is 0.434. The first kappa shape index (κ1) is 28.5. The summed E-state index contributed by atoms with van der Waals surface area (Å²) in [5.41, 5.74) is 4.46. The molecule has 2 aliphatic carbocycles. The molecule has 1 aromatic heterocycles. The van der Waals surface area contributed by atoms with Crippen molar-refractivity contribution in [3.05, 3.63) is 64.7 Å². The van der Waals surface area contributed by atoms with Crippen molar-refractivity contribution in [2.24, 2.45) is 40.9 Å². The predicted molar refractivity (Wildman–Crippen MR) is 158 cm³/mol. The number of fused-ring (bicyclic) bond motifs is 3. The summed E-state index contributed by atoms with van der Waals surface area (Å²) in [5.74, 6) is 2.04. The number of hydrogen-bond acceptors (Lipinski definition) is 6. The van der Waals surface area contributed by atoms with Gasteiger partial charge in [-0.05, 0) is 52.5 Å². The van der Waals surface area contributed by atoms with Gasteiger partial charge in [-0.25, -0.2) is 9.69 Å². The molecule has 208 valence electrons. The van der Waals surface area contributed by atoms with E-state index in [0.717, 1.165) is 35.0 Å². The lowest BCUT2D eigenvalue weighted by molar-refractivity contribution is -0.136. The highest BCUT2D eigenvalue weighted by Crippen LogP contribution is 2.39. The molecule has 1 fully saturated rings. The van der Waals surface area contributed by atoms with Crippen LogP contribution in [0.2, 0.25) is 0 Å². The standard InChI is InChI=1S/C11H18N2.C10H14N2O.C10H10N2O/c1-8-10-6-4-5-7-11(10)9(2)13(3)12-8;2*1-7-8-5-3-4-6-9(8)10(13)12(2)11-7/h10-11H,2,4-7H2,1,3H3;3-4,8-9H,5-6H2,1-2H3;3-6H,1-2H3. The zero-order valence-corrected chi connectivity index (χ0v) is 24.2. The lowest BCUT2D eigenvalue weighted by Crippen LogP contribution is -2.42. The minimum Gasteiger partial charge on any atom is -0.273 e. The van der Waals surface area contributed by atoms with Crippen LogP contribution in [0.5, 0.6) is 0 Å². The molecule has 2 aromatic rings. The Morgan fingerprint density at radius 3 is 2.03 bits per heavy atom. The fourth-order valence-electron chi connectivity index (χ4n) is 6.28. The second-order valence-electron chi connectivity index (χ2n) is 11.1. The molecule has 6 rings (SSSR count). The summed E-state index contributed by atoms with van der Waals surface area (Å²) in [4.78, 5) is 23.3. The molecule has 1 amide bonds. The van der Waals surface area contributed by atoms with Crippen molar-refractivity contribution in [3.63, 3.8) is 0 Å². The zero-order chi connectivity index (χ0) is 28.3. The third kappa shape index (κ3) is 6.05. The minimum absolute atomic E-state index is 0.0406. The fourth-order valence-corrected chi connectivity index (χ4v) is 6.28. The molecular formula is C31H42N6O2. The van der Waals surface area contributed by atoms with Crippen molar-refractivity contribution in [3.8, 4) is 0 Å². The Kier molecular flexibility index (Phi) is 8.83. The lowest BCUT2D eigenvalue weighted by Gasteiger charge is -2.39. The molecule has 0 bridgehead atoms. The summed E-state index contributed by atoms with van der Waals surface area (Å²) in [5, 5.41) is 17.9. The molecule has 39 heavy (non-hydrogen) atoms. The Morgan fingerprint density at radius 2 is 1.33 bits per heavy atom. The third-order valence-corrected chi connectivity index (χ3v) is 8.51. The Labute approximate surface area is 231 Å². The molecule has 1 aromatic carbocycles. The van der Waals surface area contributed by atoms with Crippen LogP contribution >= 0.6 is 0 Å². The van der Waals surface area contributed by atoms with E-state index >= 15 is 0 Å². The summed E-state index contributed by atoms with van der Waals surface area (Å²) in [6.07, 6.45) is 11.4. The largest absolute Gasteiger partial charge is 0.274 e. The monoisotopic (exact) mass is 530 g/mol. The molecule has 1 saturated carbocycles. The first-order valence-corrected chi connectivity index (χ1v) is 14.0. The van der Waals surface area contributed by atoms with Crippen LogP contribution in [0.4, 0.5) is 0 Å². The van der Waals surface area contributed by atoms with E-state index in [0.29, 0.717) is 17.8 Å². The Balaban J connectivity index is 0.000000136. The van der Waals surface area contributed by atoms with Crippen molar-refractivity contribution in [2.75, 3.05) is 14.1 Å². The highest BCUT2D eigenvalue weighted by Gasteiger charge is 2.36. The van der Waals surface area contributed by atoms with Crippen molar-refractivity contribution in [2.45, 2.75) is 59.3 Å². The van der Waals surface area contributed by atoms with Gasteiger partial charge in [0, 0.05) is 61.4 Å². The lowest BCUT2D eigenvalue weighted by atomic mass is 9.74. The third-order valence-electron chi connectivity index (χ3n) is 8.51. The van der Waals surface area contributed by atoms with Gasteiger partial charge in [-0.15, -0.1) is 0 Å². The Morgan fingerprint density at radius 1 is 0.769 bits per heavy atom. The molecule has 0 N–H and O–H groups in total. The number of nitrogens with zero attached hydrogens (tertiary/aromatic N) is 6. The Bertz CT molecular complexity index is 1390. The number of aromatic nitrogens is 2. The smallest absolute Gasteiger partial charge is 0.273 e. The minimum atomic E-state index is -0.0406. The summed E-state index contributed by atoms with van der Waals surface area (Å²) < 4.78 is 1.37. The van der Waals surface area contributed by atoms with Crippen molar-refractivity contribution >= 4 is 28.1 Å². The van der Waals surface area contributed by atoms with Crippen LogP contribution in [0.1, 0.15) is 58.1 Å². The molecule has 4 unspecified atom stereocenters. The van der Waals surface area contributed by atoms with E-state index in [-0.39, 0.29) is 17.4 Å². The number of hydrogen-bond donors (Lipinski definition) is 0. The van der Waals surface area contributed by atoms with E-state index in [2.05, 4.69) is 41.0 Å². The van der Waals surface area contributed by atoms with Gasteiger partial charge in [-0.1, -0.05) is 49.8 Å². The molecule has 2 aliphatic heterocycles. The number of benzene rings is 1. The maximum absolute atomic E-state index is 11.7. The van der Waals surface area contributed by atoms with Gasteiger partial charge in [0.15, 0.2) is 0 Å². The van der Waals surface area contributed by atoms with Crippen LogP contribution < -0.4 is 5.56 Å². The van der Waals surface area contributed by atoms with Gasteiger partial charge >= 0.3 is 0 Å². The SMILES string of the molecule is C=C1C2CCCCC2C(C)=NN1C.CC1=NN(C)C(=O)C2CC=CCC12.Cc1nn(C)c(=O)c2ccccc12. The van der Waals surface area contributed by atoms with E-state index in [1.54, 1.807) is 14.1 Å². The second-order valence-corrected chi connectivity index (χ2v) is 11.1. The van der Waals surface area contributed by atoms with Gasteiger partial charge in [0.05, 0.1) is 17.0 Å². The predicted octanol–water partition coefficient (Wildman–Crippen LogP) is 5.29. The van der Waals surface area contributed by atoms with E-state index in [9.17, 15) is 9.59 Å². The summed E-state index contributed by atoms with van der Waals surface area (Å²) >= 11 is 0. The number of hydrazone groups is 2. The van der Waals surface area contributed by atoms with Crippen LogP contribution in [0.25, 0.3) is 10.8 Å². The van der Waals surface area contributed by atoms with Gasteiger partial charge in [-0.2, -0.15) is 15.3 Å². The fraction of sp³-hybridized carbons (Fsp3) is 0.516. The van der Waals surface area contributed by atoms with Gasteiger partial charge < -0.3 is 0 Å². The van der Waals surface area contributed by atoms with Crippen molar-refractivity contribution in [1.29, 1.82) is 0 Å².